The Morgan fingerprint density at radius 1 is 1.16 bits per heavy atom. The molecule has 0 saturated carbocycles. The van der Waals surface area contributed by atoms with Crippen LogP contribution in [0.15, 0.2) is 29.4 Å². The lowest BCUT2D eigenvalue weighted by molar-refractivity contribution is 0.597. The summed E-state index contributed by atoms with van der Waals surface area (Å²) in [5.41, 5.74) is 3.88. The van der Waals surface area contributed by atoms with Crippen LogP contribution in [0.1, 0.15) is 55.4 Å². The summed E-state index contributed by atoms with van der Waals surface area (Å²) in [4.78, 5) is 8.16. The largest absolute Gasteiger partial charge is 0.361 e. The Morgan fingerprint density at radius 3 is 2.94 bits per heavy atom. The minimum absolute atomic E-state index is 0. The number of aryl methyl sites for hydroxylation is 3. The molecule has 0 saturated heterocycles. The summed E-state index contributed by atoms with van der Waals surface area (Å²) < 4.78 is 2.34. The van der Waals surface area contributed by atoms with Crippen LogP contribution in [0.3, 0.4) is 0 Å². The van der Waals surface area contributed by atoms with Gasteiger partial charge in [0.05, 0.1) is 0 Å². The van der Waals surface area contributed by atoms with Crippen LogP contribution in [-0.4, -0.2) is 45.3 Å². The highest BCUT2D eigenvalue weighted by molar-refractivity contribution is 14.0. The quantitative estimate of drug-likeness (QED) is 0.171. The minimum Gasteiger partial charge on any atom is -0.361 e. The van der Waals surface area contributed by atoms with Gasteiger partial charge < -0.3 is 20.2 Å². The second-order valence-electron chi connectivity index (χ2n) is 8.35. The first-order chi connectivity index (χ1) is 15.3. The van der Waals surface area contributed by atoms with Crippen molar-refractivity contribution in [3.05, 3.63) is 47.2 Å². The summed E-state index contributed by atoms with van der Waals surface area (Å²) in [5, 5.41) is 17.0. The summed E-state index contributed by atoms with van der Waals surface area (Å²) in [7, 11) is 0. The van der Waals surface area contributed by atoms with Crippen LogP contribution in [-0.2, 0) is 25.8 Å². The molecule has 0 bridgehead atoms. The van der Waals surface area contributed by atoms with E-state index in [2.05, 4.69) is 68.6 Å². The number of nitrogens with one attached hydrogen (secondary N) is 3. The normalized spacial score (nSPS) is 14.0. The number of halogens is 1. The molecular formula is C24H36IN7. The van der Waals surface area contributed by atoms with E-state index in [1.165, 1.54) is 47.1 Å². The molecule has 3 N–H and O–H groups in total. The van der Waals surface area contributed by atoms with E-state index in [1.807, 2.05) is 0 Å². The number of fused-ring (bicyclic) bond motifs is 2. The topological polar surface area (TPSA) is 82.9 Å². The summed E-state index contributed by atoms with van der Waals surface area (Å²) in [6.45, 7) is 7.83. The van der Waals surface area contributed by atoms with Gasteiger partial charge in [0.2, 0.25) is 0 Å². The van der Waals surface area contributed by atoms with Crippen LogP contribution in [0.5, 0.6) is 0 Å². The molecule has 8 heteroatoms. The van der Waals surface area contributed by atoms with Crippen molar-refractivity contribution < 1.29 is 0 Å². The summed E-state index contributed by atoms with van der Waals surface area (Å²) in [6, 6.07) is 6.41. The summed E-state index contributed by atoms with van der Waals surface area (Å²) in [6.07, 6.45) is 9.84. The Balaban J connectivity index is 0.00000289. The monoisotopic (exact) mass is 549 g/mol. The summed E-state index contributed by atoms with van der Waals surface area (Å²) in [5.74, 6) is 3.18. The molecule has 3 aromatic rings. The van der Waals surface area contributed by atoms with E-state index < -0.39 is 0 Å². The first kappa shape index (κ1) is 24.5. The smallest absolute Gasteiger partial charge is 0.191 e. The number of guanidine groups is 1. The molecule has 1 aliphatic heterocycles. The zero-order valence-electron chi connectivity index (χ0n) is 19.3. The standard InChI is InChI=1S/C24H35N7.HI/c1-3-25-24(27-15-13-19-17-28-20-10-7-9-18(2)23(19)20)26-14-8-12-22-30-29-21-11-5-4-6-16-31(21)22;/h7,9-10,17,28H,3-6,8,11-16H2,1-2H3,(H2,25,26,27);1H. The molecule has 0 aliphatic carbocycles. The Morgan fingerprint density at radius 2 is 2.06 bits per heavy atom. The van der Waals surface area contributed by atoms with Crippen LogP contribution in [0.2, 0.25) is 0 Å². The van der Waals surface area contributed by atoms with Gasteiger partial charge in [-0.1, -0.05) is 18.6 Å². The molecule has 0 radical (unpaired) electrons. The van der Waals surface area contributed by atoms with E-state index in [0.717, 1.165) is 63.6 Å². The number of hydrogen-bond acceptors (Lipinski definition) is 3. The van der Waals surface area contributed by atoms with Crippen molar-refractivity contribution in [1.29, 1.82) is 0 Å². The SMILES string of the molecule is CCNC(=NCCCc1nnc2n1CCCCC2)NCCc1c[nH]c2cccc(C)c12.I. The fraction of sp³-hybridized carbons (Fsp3) is 0.542. The minimum atomic E-state index is 0. The summed E-state index contributed by atoms with van der Waals surface area (Å²) >= 11 is 0. The lowest BCUT2D eigenvalue weighted by atomic mass is 10.1. The maximum absolute atomic E-state index is 4.77. The molecule has 0 atom stereocenters. The second-order valence-corrected chi connectivity index (χ2v) is 8.35. The molecule has 1 aliphatic rings. The van der Waals surface area contributed by atoms with Gasteiger partial charge in [-0.2, -0.15) is 0 Å². The average molecular weight is 550 g/mol. The van der Waals surface area contributed by atoms with E-state index in [4.69, 9.17) is 4.99 Å². The number of hydrogen-bond donors (Lipinski definition) is 3. The van der Waals surface area contributed by atoms with Gasteiger partial charge in [-0.15, -0.1) is 34.2 Å². The molecule has 32 heavy (non-hydrogen) atoms. The third kappa shape index (κ3) is 6.02. The van der Waals surface area contributed by atoms with Crippen molar-refractivity contribution in [2.45, 2.75) is 65.3 Å². The number of rotatable bonds is 8. The molecular weight excluding hydrogens is 513 g/mol. The molecule has 3 heterocycles. The molecule has 1 aromatic carbocycles. The van der Waals surface area contributed by atoms with Gasteiger partial charge in [-0.3, -0.25) is 4.99 Å². The number of aromatic nitrogens is 4. The Labute approximate surface area is 207 Å². The third-order valence-electron chi connectivity index (χ3n) is 6.04. The van der Waals surface area contributed by atoms with Crippen LogP contribution in [0, 0.1) is 6.92 Å². The van der Waals surface area contributed by atoms with Gasteiger partial charge in [-0.25, -0.2) is 0 Å². The number of benzene rings is 1. The lowest BCUT2D eigenvalue weighted by Gasteiger charge is -2.11. The van der Waals surface area contributed by atoms with Crippen molar-refractivity contribution >= 4 is 40.8 Å². The third-order valence-corrected chi connectivity index (χ3v) is 6.04. The Hall–Kier alpha value is -2.10. The fourth-order valence-electron chi connectivity index (χ4n) is 4.46. The molecule has 2 aromatic heterocycles. The molecule has 4 rings (SSSR count). The molecule has 0 amide bonds. The number of nitrogens with zero attached hydrogens (tertiary/aromatic N) is 4. The van der Waals surface area contributed by atoms with E-state index in [1.54, 1.807) is 0 Å². The van der Waals surface area contributed by atoms with Crippen molar-refractivity contribution in [2.24, 2.45) is 4.99 Å². The number of H-pyrrole nitrogens is 1. The van der Waals surface area contributed by atoms with Gasteiger partial charge >= 0.3 is 0 Å². The highest BCUT2D eigenvalue weighted by atomic mass is 127. The van der Waals surface area contributed by atoms with Crippen LogP contribution in [0.25, 0.3) is 10.9 Å². The second kappa shape index (κ2) is 12.2. The maximum Gasteiger partial charge on any atom is 0.191 e. The molecule has 0 unspecified atom stereocenters. The molecule has 0 spiro atoms. The molecule has 7 nitrogen and oxygen atoms in total. The van der Waals surface area contributed by atoms with Crippen LogP contribution >= 0.6 is 24.0 Å². The first-order valence-corrected chi connectivity index (χ1v) is 11.7. The van der Waals surface area contributed by atoms with E-state index in [0.29, 0.717) is 0 Å². The maximum atomic E-state index is 4.77. The number of aliphatic imine (C=N–C) groups is 1. The van der Waals surface area contributed by atoms with Crippen molar-refractivity contribution in [1.82, 2.24) is 30.4 Å². The van der Waals surface area contributed by atoms with E-state index in [9.17, 15) is 0 Å². The molecule has 174 valence electrons. The van der Waals surface area contributed by atoms with Crippen molar-refractivity contribution in [2.75, 3.05) is 19.6 Å². The van der Waals surface area contributed by atoms with Crippen molar-refractivity contribution in [3.63, 3.8) is 0 Å². The number of aromatic amines is 1. The molecule has 0 fully saturated rings. The van der Waals surface area contributed by atoms with Gasteiger partial charge in [0.15, 0.2) is 5.96 Å². The Kier molecular flexibility index (Phi) is 9.37. The average Bonchev–Trinajstić information content (AvgIpc) is 3.28. The van der Waals surface area contributed by atoms with Crippen molar-refractivity contribution in [3.8, 4) is 0 Å². The first-order valence-electron chi connectivity index (χ1n) is 11.7. The zero-order chi connectivity index (χ0) is 21.5. The predicted octanol–water partition coefficient (Wildman–Crippen LogP) is 4.14. The lowest BCUT2D eigenvalue weighted by Crippen LogP contribution is -2.38. The highest BCUT2D eigenvalue weighted by Crippen LogP contribution is 2.22. The van der Waals surface area contributed by atoms with Crippen LogP contribution in [0.4, 0.5) is 0 Å². The van der Waals surface area contributed by atoms with Gasteiger partial charge in [0.1, 0.15) is 11.6 Å². The van der Waals surface area contributed by atoms with Gasteiger partial charge in [-0.05, 0) is 56.7 Å². The van der Waals surface area contributed by atoms with E-state index in [-0.39, 0.29) is 24.0 Å². The predicted molar refractivity (Wildman–Crippen MR) is 142 cm³/mol. The Bertz CT molecular complexity index is 1020. The fourth-order valence-corrected chi connectivity index (χ4v) is 4.46. The highest BCUT2D eigenvalue weighted by Gasteiger charge is 2.14. The van der Waals surface area contributed by atoms with Gasteiger partial charge in [0.25, 0.3) is 0 Å². The van der Waals surface area contributed by atoms with E-state index >= 15 is 0 Å². The van der Waals surface area contributed by atoms with Crippen LogP contribution < -0.4 is 10.6 Å². The zero-order valence-corrected chi connectivity index (χ0v) is 21.6. The van der Waals surface area contributed by atoms with Gasteiger partial charge in [0, 0.05) is 56.1 Å².